The molecule has 0 spiro atoms. The quantitative estimate of drug-likeness (QED) is 0.941. The smallest absolute Gasteiger partial charge is 0.167 e. The second-order valence-corrected chi connectivity index (χ2v) is 5.97. The van der Waals surface area contributed by atoms with E-state index in [1.54, 1.807) is 16.3 Å². The molecular weight excluding hydrogens is 282 g/mol. The highest BCUT2D eigenvalue weighted by Crippen LogP contribution is 2.28. The summed E-state index contributed by atoms with van der Waals surface area (Å²) < 4.78 is 1.73. The Morgan fingerprint density at radius 1 is 1.43 bits per heavy atom. The Morgan fingerprint density at radius 2 is 2.19 bits per heavy atom. The van der Waals surface area contributed by atoms with Crippen molar-refractivity contribution in [3.05, 3.63) is 23.2 Å². The van der Waals surface area contributed by atoms with E-state index in [1.165, 1.54) is 18.4 Å². The Morgan fingerprint density at radius 3 is 2.86 bits per heavy atom. The lowest BCUT2D eigenvalue weighted by Crippen LogP contribution is -2.20. The molecule has 0 amide bonds. The molecule has 1 aliphatic rings. The maximum atomic E-state index is 6.16. The average Bonchev–Trinajstić information content (AvgIpc) is 3.14. The molecule has 0 saturated carbocycles. The third-order valence-electron chi connectivity index (χ3n) is 3.90. The summed E-state index contributed by atoms with van der Waals surface area (Å²) >= 11 is 1.71. The van der Waals surface area contributed by atoms with Gasteiger partial charge in [-0.05, 0) is 36.5 Å². The highest BCUT2D eigenvalue weighted by atomic mass is 32.2. The number of hydrogen-bond acceptors (Lipinski definition) is 5. The molecule has 1 saturated heterocycles. The predicted octanol–water partition coefficient (Wildman–Crippen LogP) is 3.03. The molecule has 1 fully saturated rings. The lowest BCUT2D eigenvalue weighted by atomic mass is 10.1. The van der Waals surface area contributed by atoms with Crippen molar-refractivity contribution >= 4 is 34.6 Å². The molecule has 112 valence electrons. The molecule has 5 nitrogen and oxygen atoms in total. The van der Waals surface area contributed by atoms with Gasteiger partial charge in [0, 0.05) is 24.7 Å². The van der Waals surface area contributed by atoms with Gasteiger partial charge in [0.25, 0.3) is 0 Å². The Balaban J connectivity index is 2.12. The molecule has 0 aromatic carbocycles. The summed E-state index contributed by atoms with van der Waals surface area (Å²) in [7, 11) is 0. The maximum absolute atomic E-state index is 6.16. The number of hydrogen-bond donors (Lipinski definition) is 1. The van der Waals surface area contributed by atoms with Crippen LogP contribution < -0.4 is 10.6 Å². The number of nitrogens with zero attached hydrogens (tertiary/aromatic N) is 4. The molecule has 0 radical (unpaired) electrons. The van der Waals surface area contributed by atoms with Gasteiger partial charge >= 0.3 is 0 Å². The summed E-state index contributed by atoms with van der Waals surface area (Å²) in [5, 5.41) is 6.56. The van der Waals surface area contributed by atoms with E-state index >= 15 is 0 Å². The summed E-state index contributed by atoms with van der Waals surface area (Å²) in [5.74, 6) is 1.62. The van der Waals surface area contributed by atoms with Crippen molar-refractivity contribution in [3.8, 4) is 0 Å². The topological polar surface area (TPSA) is 59.5 Å². The first-order chi connectivity index (χ1) is 10.2. The average molecular weight is 303 g/mol. The van der Waals surface area contributed by atoms with E-state index in [0.717, 1.165) is 36.5 Å². The molecule has 1 aliphatic heterocycles. The van der Waals surface area contributed by atoms with Crippen molar-refractivity contribution in [1.82, 2.24) is 14.6 Å². The zero-order chi connectivity index (χ0) is 14.8. The van der Waals surface area contributed by atoms with Gasteiger partial charge in [0.2, 0.25) is 0 Å². The minimum absolute atomic E-state index is 0.646. The van der Waals surface area contributed by atoms with Crippen LogP contribution in [0.3, 0.4) is 0 Å². The fourth-order valence-corrected chi connectivity index (χ4v) is 3.37. The fraction of sp³-hybridized carbons (Fsp3) is 0.467. The van der Waals surface area contributed by atoms with Gasteiger partial charge < -0.3 is 10.6 Å². The van der Waals surface area contributed by atoms with E-state index in [1.807, 2.05) is 12.3 Å². The number of anilines is 2. The van der Waals surface area contributed by atoms with E-state index in [9.17, 15) is 0 Å². The Hall–Kier alpha value is -1.69. The van der Waals surface area contributed by atoms with Crippen LogP contribution in [0, 0.1) is 0 Å². The van der Waals surface area contributed by atoms with E-state index in [0.29, 0.717) is 5.82 Å². The number of allylic oxidation sites excluding steroid dienone is 1. The molecule has 0 bridgehead atoms. The third-order valence-corrected chi connectivity index (χ3v) is 4.42. The number of nitrogen functional groups attached to an aromatic ring is 1. The van der Waals surface area contributed by atoms with Gasteiger partial charge in [-0.15, -0.1) is 11.8 Å². The number of nitrogens with two attached hydrogens (primary N) is 1. The monoisotopic (exact) mass is 303 g/mol. The molecule has 0 atom stereocenters. The zero-order valence-corrected chi connectivity index (χ0v) is 13.4. The van der Waals surface area contributed by atoms with Crippen molar-refractivity contribution < 1.29 is 0 Å². The van der Waals surface area contributed by atoms with Gasteiger partial charge in [-0.2, -0.15) is 9.61 Å². The van der Waals surface area contributed by atoms with Crippen molar-refractivity contribution in [1.29, 1.82) is 0 Å². The second-order valence-electron chi connectivity index (χ2n) is 5.26. The standard InChI is InChI=1S/C15H21N5S/c1-3-11(10-21-2)12-9-17-20-13(16)8-14(18-15(12)20)19-6-4-5-7-19/h8-10H,3-7,16H2,1-2H3/b11-10+. The van der Waals surface area contributed by atoms with Crippen LogP contribution in [0.4, 0.5) is 11.6 Å². The van der Waals surface area contributed by atoms with E-state index in [-0.39, 0.29) is 0 Å². The van der Waals surface area contributed by atoms with Crippen LogP contribution in [-0.2, 0) is 0 Å². The van der Waals surface area contributed by atoms with Gasteiger partial charge in [-0.25, -0.2) is 4.98 Å². The first-order valence-corrected chi connectivity index (χ1v) is 8.64. The molecule has 0 aliphatic carbocycles. The molecule has 21 heavy (non-hydrogen) atoms. The van der Waals surface area contributed by atoms with Crippen molar-refractivity contribution in [3.63, 3.8) is 0 Å². The molecule has 3 rings (SSSR count). The molecule has 2 aromatic rings. The normalized spacial score (nSPS) is 16.1. The van der Waals surface area contributed by atoms with E-state index in [2.05, 4.69) is 28.6 Å². The summed E-state index contributed by atoms with van der Waals surface area (Å²) in [6.07, 6.45) is 7.35. The van der Waals surface area contributed by atoms with E-state index in [4.69, 9.17) is 10.7 Å². The zero-order valence-electron chi connectivity index (χ0n) is 12.5. The SMILES string of the molecule is CC/C(=C\SC)c1cnn2c(N)cc(N3CCCC3)nc12. The highest BCUT2D eigenvalue weighted by molar-refractivity contribution is 8.01. The number of fused-ring (bicyclic) bond motifs is 1. The largest absolute Gasteiger partial charge is 0.383 e. The first kappa shape index (κ1) is 14.3. The van der Waals surface area contributed by atoms with Crippen LogP contribution in [-0.4, -0.2) is 33.9 Å². The minimum Gasteiger partial charge on any atom is -0.383 e. The number of aromatic nitrogens is 3. The molecule has 0 unspecified atom stereocenters. The predicted molar refractivity (Wildman–Crippen MR) is 90.6 cm³/mol. The molecular formula is C15H21N5S. The van der Waals surface area contributed by atoms with Crippen molar-refractivity contribution in [2.45, 2.75) is 26.2 Å². The van der Waals surface area contributed by atoms with Crippen LogP contribution >= 0.6 is 11.8 Å². The van der Waals surface area contributed by atoms with Gasteiger partial charge in [0.15, 0.2) is 5.65 Å². The summed E-state index contributed by atoms with van der Waals surface area (Å²) in [4.78, 5) is 7.13. The summed E-state index contributed by atoms with van der Waals surface area (Å²) in [6.45, 7) is 4.28. The van der Waals surface area contributed by atoms with Gasteiger partial charge in [0.05, 0.1) is 6.20 Å². The van der Waals surface area contributed by atoms with Crippen molar-refractivity contribution in [2.24, 2.45) is 0 Å². The van der Waals surface area contributed by atoms with Gasteiger partial charge in [-0.1, -0.05) is 6.92 Å². The van der Waals surface area contributed by atoms with Gasteiger partial charge in [-0.3, -0.25) is 0 Å². The summed E-state index contributed by atoms with van der Waals surface area (Å²) in [5.41, 5.74) is 9.36. The van der Waals surface area contributed by atoms with Crippen LogP contribution in [0.15, 0.2) is 17.7 Å². The lowest BCUT2D eigenvalue weighted by Gasteiger charge is -2.17. The Labute approximate surface area is 129 Å². The molecule has 6 heteroatoms. The highest BCUT2D eigenvalue weighted by Gasteiger charge is 2.18. The Kier molecular flexibility index (Phi) is 4.05. The number of rotatable bonds is 4. The molecule has 3 heterocycles. The van der Waals surface area contributed by atoms with Crippen LogP contribution in [0.2, 0.25) is 0 Å². The fourth-order valence-electron chi connectivity index (χ4n) is 2.79. The molecule has 2 aromatic heterocycles. The minimum atomic E-state index is 0.646. The lowest BCUT2D eigenvalue weighted by molar-refractivity contribution is 0.906. The summed E-state index contributed by atoms with van der Waals surface area (Å²) in [6, 6.07) is 1.93. The van der Waals surface area contributed by atoms with Crippen LogP contribution in [0.25, 0.3) is 11.2 Å². The third kappa shape index (κ3) is 2.60. The van der Waals surface area contributed by atoms with Crippen LogP contribution in [0.5, 0.6) is 0 Å². The van der Waals surface area contributed by atoms with Gasteiger partial charge in [0.1, 0.15) is 11.6 Å². The van der Waals surface area contributed by atoms with Crippen molar-refractivity contribution in [2.75, 3.05) is 30.0 Å². The first-order valence-electron chi connectivity index (χ1n) is 7.36. The van der Waals surface area contributed by atoms with E-state index < -0.39 is 0 Å². The maximum Gasteiger partial charge on any atom is 0.167 e. The second kappa shape index (κ2) is 5.97. The number of thioether (sulfide) groups is 1. The van der Waals surface area contributed by atoms with Crippen LogP contribution in [0.1, 0.15) is 31.7 Å². The Bertz CT molecular complexity index is 670. The molecule has 2 N–H and O–H groups in total.